The van der Waals surface area contributed by atoms with Crippen LogP contribution in [0.25, 0.3) is 0 Å². The summed E-state index contributed by atoms with van der Waals surface area (Å²) in [5, 5.41) is 0. The van der Waals surface area contributed by atoms with E-state index in [2.05, 4.69) is 162 Å². The molecule has 50 heavy (non-hydrogen) atoms. The minimum absolute atomic E-state index is 0.0526. The van der Waals surface area contributed by atoms with Gasteiger partial charge in [-0.2, -0.15) is 0 Å². The average Bonchev–Trinajstić information content (AvgIpc) is 3.91. The van der Waals surface area contributed by atoms with Crippen LogP contribution < -0.4 is 36.0 Å². The first-order valence-corrected chi connectivity index (χ1v) is 17.9. The zero-order valence-corrected chi connectivity index (χ0v) is 28.4. The third-order valence-electron chi connectivity index (χ3n) is 12.2. The molecule has 6 aromatic carbocycles. The average molecular weight is 651 g/mol. The molecule has 1 saturated carbocycles. The van der Waals surface area contributed by atoms with Crippen LogP contribution in [0.4, 0.5) is 44.2 Å². The monoisotopic (exact) mass is 650 g/mol. The van der Waals surface area contributed by atoms with Crippen LogP contribution in [-0.2, 0) is 5.66 Å². The maximum absolute atomic E-state index is 16.6. The molecule has 5 aliphatic rings. The van der Waals surface area contributed by atoms with E-state index in [-0.39, 0.29) is 12.5 Å². The number of benzene rings is 6. The Balaban J connectivity index is 1.33. The van der Waals surface area contributed by atoms with Gasteiger partial charge in [-0.25, -0.2) is 4.39 Å². The fraction of sp³-hybridized carbons (Fsp3) is 0.182. The molecule has 242 valence electrons. The summed E-state index contributed by atoms with van der Waals surface area (Å²) >= 11 is 0. The molecule has 0 amide bonds. The molecule has 4 nitrogen and oxygen atoms in total. The molecule has 11 rings (SSSR count). The first-order valence-electron chi connectivity index (χ1n) is 17.9. The third kappa shape index (κ3) is 3.32. The number of rotatable bonds is 4. The minimum Gasteiger partial charge on any atom is -0.350 e. The second-order valence-corrected chi connectivity index (χ2v) is 15.0. The summed E-state index contributed by atoms with van der Waals surface area (Å²) in [4.78, 5) is 9.84. The fourth-order valence-corrected chi connectivity index (χ4v) is 9.86. The molecule has 0 spiro atoms. The number of hydrogen-bond acceptors (Lipinski definition) is 4. The third-order valence-corrected chi connectivity index (χ3v) is 12.2. The smallest absolute Gasteiger partial charge is 0.252 e. The number of hydrogen-bond donors (Lipinski definition) is 0. The van der Waals surface area contributed by atoms with Gasteiger partial charge in [0.15, 0.2) is 5.66 Å². The second-order valence-electron chi connectivity index (χ2n) is 15.0. The van der Waals surface area contributed by atoms with Gasteiger partial charge >= 0.3 is 0 Å². The van der Waals surface area contributed by atoms with Gasteiger partial charge in [-0.15, -0.1) is 0 Å². The molecule has 4 heterocycles. The van der Waals surface area contributed by atoms with Gasteiger partial charge in [-0.1, -0.05) is 103 Å². The van der Waals surface area contributed by atoms with Crippen molar-refractivity contribution in [3.05, 3.63) is 156 Å². The molecule has 6 aromatic rings. The lowest BCUT2D eigenvalue weighted by molar-refractivity contribution is 0.520. The minimum atomic E-state index is -0.849. The lowest BCUT2D eigenvalue weighted by Crippen LogP contribution is -2.65. The van der Waals surface area contributed by atoms with Gasteiger partial charge in [0, 0.05) is 35.2 Å². The van der Waals surface area contributed by atoms with Crippen LogP contribution in [0.1, 0.15) is 49.3 Å². The highest BCUT2D eigenvalue weighted by Crippen LogP contribution is 2.62. The van der Waals surface area contributed by atoms with Crippen LogP contribution in [0.5, 0.6) is 0 Å². The Morgan fingerprint density at radius 2 is 1.12 bits per heavy atom. The van der Waals surface area contributed by atoms with Crippen LogP contribution in [0, 0.1) is 5.82 Å². The van der Waals surface area contributed by atoms with Gasteiger partial charge in [-0.05, 0) is 84.9 Å². The van der Waals surface area contributed by atoms with Crippen molar-refractivity contribution in [3.63, 3.8) is 0 Å². The van der Waals surface area contributed by atoms with E-state index < -0.39 is 11.3 Å². The quantitative estimate of drug-likeness (QED) is 0.178. The zero-order valence-electron chi connectivity index (χ0n) is 28.4. The number of nitrogens with zero attached hydrogens (tertiary/aromatic N) is 4. The molecular weight excluding hydrogens is 614 g/mol. The number of fused-ring (bicyclic) bond motifs is 4. The SMILES string of the molecule is CN1c2cccc3c2N(c2cc(F)cc4c2B3c2cccc3c2N4C(c2ccccc2)(c2ccccc2)N3c2ccccc2C2CC2)C1(C)C. The first kappa shape index (κ1) is 28.4. The molecule has 0 unspecified atom stereocenters. The van der Waals surface area contributed by atoms with Crippen LogP contribution >= 0.6 is 0 Å². The first-order chi connectivity index (χ1) is 24.4. The van der Waals surface area contributed by atoms with E-state index in [1.807, 2.05) is 6.07 Å². The van der Waals surface area contributed by atoms with E-state index in [9.17, 15) is 0 Å². The molecule has 0 atom stereocenters. The topological polar surface area (TPSA) is 13.0 Å². The van der Waals surface area contributed by atoms with Gasteiger partial charge in [0.25, 0.3) is 6.71 Å². The van der Waals surface area contributed by atoms with Crippen molar-refractivity contribution in [1.82, 2.24) is 0 Å². The second kappa shape index (κ2) is 9.60. The summed E-state index contributed by atoms with van der Waals surface area (Å²) in [5.74, 6) is 0.305. The Kier molecular flexibility index (Phi) is 5.45. The van der Waals surface area contributed by atoms with E-state index in [1.54, 1.807) is 6.07 Å². The highest BCUT2D eigenvalue weighted by molar-refractivity contribution is 7.00. The summed E-state index contributed by atoms with van der Waals surface area (Å²) < 4.78 is 16.6. The van der Waals surface area contributed by atoms with E-state index in [4.69, 9.17) is 0 Å². The summed E-state index contributed by atoms with van der Waals surface area (Å²) in [6.45, 7) is 4.44. The number of para-hydroxylation sites is 3. The summed E-state index contributed by atoms with van der Waals surface area (Å²) in [5.41, 5.74) is 13.8. The molecule has 1 fully saturated rings. The van der Waals surface area contributed by atoms with Crippen LogP contribution in [-0.4, -0.2) is 19.4 Å². The van der Waals surface area contributed by atoms with Crippen molar-refractivity contribution in [1.29, 1.82) is 0 Å². The van der Waals surface area contributed by atoms with Gasteiger partial charge in [0.1, 0.15) is 11.5 Å². The predicted octanol–water partition coefficient (Wildman–Crippen LogP) is 8.36. The summed E-state index contributed by atoms with van der Waals surface area (Å²) in [7, 11) is 2.16. The molecule has 0 radical (unpaired) electrons. The Labute approximate surface area is 293 Å². The van der Waals surface area contributed by atoms with Gasteiger partial charge in [0.2, 0.25) is 0 Å². The van der Waals surface area contributed by atoms with E-state index >= 15 is 4.39 Å². The Morgan fingerprint density at radius 3 is 1.76 bits per heavy atom. The highest BCUT2D eigenvalue weighted by atomic mass is 19.1. The summed E-state index contributed by atoms with van der Waals surface area (Å²) in [6.07, 6.45) is 2.40. The molecule has 0 aromatic heterocycles. The number of halogens is 1. The highest BCUT2D eigenvalue weighted by Gasteiger charge is 2.60. The van der Waals surface area contributed by atoms with Crippen LogP contribution in [0.2, 0.25) is 0 Å². The molecule has 0 saturated heterocycles. The lowest BCUT2D eigenvalue weighted by Gasteiger charge is -2.51. The standard InChI is InChI=1S/C44H36BFN4/c1-43(2)47(3)36-22-12-19-33-41(36)49(43)38-26-31(46)27-39-40(38)45(33)34-20-13-23-37-42(34)50(39)44(29-14-6-4-7-15-29,30-16-8-5-9-17-30)48(37)35-21-11-10-18-32(35)28-24-25-28/h4-23,26-28H,24-25H2,1-3H3. The van der Waals surface area contributed by atoms with Crippen molar-refractivity contribution in [2.45, 2.75) is 43.9 Å². The summed E-state index contributed by atoms with van der Waals surface area (Å²) in [6, 6.07) is 47.9. The molecule has 6 heteroatoms. The van der Waals surface area contributed by atoms with E-state index in [0.29, 0.717) is 5.92 Å². The number of anilines is 7. The van der Waals surface area contributed by atoms with Crippen molar-refractivity contribution >= 4 is 62.9 Å². The van der Waals surface area contributed by atoms with Gasteiger partial charge in [0.05, 0.1) is 22.7 Å². The van der Waals surface area contributed by atoms with Crippen LogP contribution in [0.3, 0.4) is 0 Å². The van der Waals surface area contributed by atoms with Gasteiger partial charge < -0.3 is 19.6 Å². The molecule has 0 bridgehead atoms. The Bertz CT molecular complexity index is 2350. The van der Waals surface area contributed by atoms with E-state index in [0.717, 1.165) is 39.3 Å². The normalized spacial score (nSPS) is 18.3. The van der Waals surface area contributed by atoms with Crippen molar-refractivity contribution in [2.75, 3.05) is 26.6 Å². The lowest BCUT2D eigenvalue weighted by atomic mass is 9.33. The molecule has 1 aliphatic carbocycles. The van der Waals surface area contributed by atoms with Crippen molar-refractivity contribution in [3.8, 4) is 0 Å². The van der Waals surface area contributed by atoms with E-state index in [1.165, 1.54) is 46.4 Å². The Hall–Kier alpha value is -5.49. The fourth-order valence-electron chi connectivity index (χ4n) is 9.86. The van der Waals surface area contributed by atoms with Crippen molar-refractivity contribution < 1.29 is 4.39 Å². The predicted molar refractivity (Wildman–Crippen MR) is 205 cm³/mol. The zero-order chi connectivity index (χ0) is 33.5. The van der Waals surface area contributed by atoms with Crippen molar-refractivity contribution in [2.24, 2.45) is 0 Å². The molecule has 0 N–H and O–H groups in total. The maximum Gasteiger partial charge on any atom is 0.252 e. The van der Waals surface area contributed by atoms with Gasteiger partial charge in [-0.3, -0.25) is 0 Å². The molecular formula is C44H36BFN4. The Morgan fingerprint density at radius 1 is 0.580 bits per heavy atom. The molecule has 4 aliphatic heterocycles. The maximum atomic E-state index is 16.6. The largest absolute Gasteiger partial charge is 0.350 e. The van der Waals surface area contributed by atoms with Crippen LogP contribution in [0.15, 0.2) is 133 Å².